The molecule has 8 nitrogen and oxygen atoms in total. The Bertz CT molecular complexity index is 768. The smallest absolute Gasteiger partial charge is 0.328 e. The van der Waals surface area contributed by atoms with Gasteiger partial charge in [0, 0.05) is 11.6 Å². The maximum Gasteiger partial charge on any atom is 0.328 e. The van der Waals surface area contributed by atoms with Gasteiger partial charge in [0.25, 0.3) is 5.91 Å². The van der Waals surface area contributed by atoms with Crippen LogP contribution >= 0.6 is 0 Å². The third-order valence-electron chi connectivity index (χ3n) is 3.58. The Balaban J connectivity index is 2.34. The van der Waals surface area contributed by atoms with Crippen LogP contribution in [-0.2, 0) is 14.8 Å². The Labute approximate surface area is 140 Å². The zero-order valence-corrected chi connectivity index (χ0v) is 14.4. The largest absolute Gasteiger partial charge is 0.495 e. The lowest BCUT2D eigenvalue weighted by Gasteiger charge is -2.21. The Hall–Kier alpha value is -2.13. The Kier molecular flexibility index (Phi) is 4.86. The van der Waals surface area contributed by atoms with E-state index in [2.05, 4.69) is 10.0 Å². The first-order valence-electron chi connectivity index (χ1n) is 7.33. The number of sulfonamides is 1. The second kappa shape index (κ2) is 6.40. The summed E-state index contributed by atoms with van der Waals surface area (Å²) >= 11 is 0. The molecule has 0 aliphatic heterocycles. The van der Waals surface area contributed by atoms with Crippen LogP contribution in [0.3, 0.4) is 0 Å². The fraction of sp³-hybridized carbons (Fsp3) is 0.467. The van der Waals surface area contributed by atoms with Crippen LogP contribution in [0.4, 0.5) is 0 Å². The molecule has 1 fully saturated rings. The number of ether oxygens (including phenoxy) is 1. The molecule has 0 spiro atoms. The van der Waals surface area contributed by atoms with E-state index in [1.54, 1.807) is 0 Å². The van der Waals surface area contributed by atoms with Gasteiger partial charge in [0.2, 0.25) is 10.0 Å². The highest BCUT2D eigenvalue weighted by Gasteiger charge is 2.32. The van der Waals surface area contributed by atoms with Crippen LogP contribution in [0, 0.1) is 0 Å². The highest BCUT2D eigenvalue weighted by Crippen LogP contribution is 2.28. The number of rotatable bonds is 7. The normalized spacial score (nSPS) is 15.0. The number of carbonyl (C=O) groups is 2. The molecule has 0 aromatic heterocycles. The second-order valence-electron chi connectivity index (χ2n) is 6.15. The van der Waals surface area contributed by atoms with E-state index in [-0.39, 0.29) is 22.3 Å². The third-order valence-corrected chi connectivity index (χ3v) is 5.12. The van der Waals surface area contributed by atoms with E-state index in [4.69, 9.17) is 9.84 Å². The molecule has 132 valence electrons. The second-order valence-corrected chi connectivity index (χ2v) is 7.83. The lowest BCUT2D eigenvalue weighted by atomic mass is 10.1. The standard InChI is InChI=1S/C15H20N2O6S/c1-15(2,14(19)20)16-13(18)9-4-7-11(23-3)12(8-9)24(21,22)17-10-5-6-10/h4,7-8,10,17H,5-6H2,1-3H3,(H,16,18)(H,19,20). The summed E-state index contributed by atoms with van der Waals surface area (Å²) in [5, 5.41) is 11.4. The molecule has 0 radical (unpaired) electrons. The van der Waals surface area contributed by atoms with Gasteiger partial charge in [-0.25, -0.2) is 17.9 Å². The van der Waals surface area contributed by atoms with Gasteiger partial charge < -0.3 is 15.2 Å². The van der Waals surface area contributed by atoms with E-state index in [1.807, 2.05) is 0 Å². The van der Waals surface area contributed by atoms with E-state index in [1.165, 1.54) is 39.2 Å². The molecular weight excluding hydrogens is 336 g/mol. The fourth-order valence-corrected chi connectivity index (χ4v) is 3.42. The predicted octanol–water partition coefficient (Wildman–Crippen LogP) is 0.729. The quantitative estimate of drug-likeness (QED) is 0.662. The summed E-state index contributed by atoms with van der Waals surface area (Å²) in [6.07, 6.45) is 1.54. The molecule has 1 aromatic rings. The summed E-state index contributed by atoms with van der Waals surface area (Å²) in [6, 6.07) is 3.83. The van der Waals surface area contributed by atoms with Crippen LogP contribution in [0.15, 0.2) is 23.1 Å². The van der Waals surface area contributed by atoms with Crippen molar-refractivity contribution in [1.29, 1.82) is 0 Å². The monoisotopic (exact) mass is 356 g/mol. The average Bonchev–Trinajstić information content (AvgIpc) is 3.29. The maximum atomic E-state index is 12.4. The first-order valence-corrected chi connectivity index (χ1v) is 8.81. The summed E-state index contributed by atoms with van der Waals surface area (Å²) in [6.45, 7) is 2.67. The highest BCUT2D eigenvalue weighted by molar-refractivity contribution is 7.89. The van der Waals surface area contributed by atoms with Crippen LogP contribution < -0.4 is 14.8 Å². The van der Waals surface area contributed by atoms with E-state index < -0.39 is 27.4 Å². The first kappa shape index (κ1) is 18.2. The first-order chi connectivity index (χ1) is 11.1. The minimum atomic E-state index is -3.83. The van der Waals surface area contributed by atoms with Gasteiger partial charge in [-0.1, -0.05) is 0 Å². The molecule has 9 heteroatoms. The molecule has 0 bridgehead atoms. The molecule has 1 aromatic carbocycles. The molecule has 1 aliphatic rings. The van der Waals surface area contributed by atoms with Gasteiger partial charge in [-0.3, -0.25) is 4.79 Å². The zero-order chi connectivity index (χ0) is 18.1. The number of carbonyl (C=O) groups excluding carboxylic acids is 1. The van der Waals surface area contributed by atoms with Crippen LogP contribution in [0.2, 0.25) is 0 Å². The molecule has 1 saturated carbocycles. The van der Waals surface area contributed by atoms with Crippen molar-refractivity contribution in [1.82, 2.24) is 10.0 Å². The SMILES string of the molecule is COc1ccc(C(=O)NC(C)(C)C(=O)O)cc1S(=O)(=O)NC1CC1. The molecule has 0 saturated heterocycles. The highest BCUT2D eigenvalue weighted by atomic mass is 32.2. The van der Waals surface area contributed by atoms with Gasteiger partial charge >= 0.3 is 5.97 Å². The minimum Gasteiger partial charge on any atom is -0.495 e. The molecule has 2 rings (SSSR count). The fourth-order valence-electron chi connectivity index (χ4n) is 1.92. The van der Waals surface area contributed by atoms with Crippen molar-refractivity contribution < 1.29 is 27.9 Å². The third kappa shape index (κ3) is 4.04. The van der Waals surface area contributed by atoms with Crippen LogP contribution in [0.1, 0.15) is 37.0 Å². The lowest BCUT2D eigenvalue weighted by Crippen LogP contribution is -2.49. The van der Waals surface area contributed by atoms with Gasteiger partial charge in [-0.15, -0.1) is 0 Å². The van der Waals surface area contributed by atoms with E-state index in [0.29, 0.717) is 0 Å². The van der Waals surface area contributed by atoms with Crippen molar-refractivity contribution in [3.05, 3.63) is 23.8 Å². The number of nitrogens with one attached hydrogen (secondary N) is 2. The molecule has 1 amide bonds. The van der Waals surface area contributed by atoms with E-state index in [9.17, 15) is 18.0 Å². The summed E-state index contributed by atoms with van der Waals surface area (Å²) in [7, 11) is -2.50. The molecule has 3 N–H and O–H groups in total. The summed E-state index contributed by atoms with van der Waals surface area (Å²) in [5.74, 6) is -1.78. The van der Waals surface area contributed by atoms with Gasteiger partial charge in [-0.2, -0.15) is 0 Å². The van der Waals surface area contributed by atoms with Crippen LogP contribution in [-0.4, -0.2) is 44.1 Å². The van der Waals surface area contributed by atoms with Gasteiger partial charge in [0.15, 0.2) is 0 Å². The van der Waals surface area contributed by atoms with Crippen molar-refractivity contribution in [2.24, 2.45) is 0 Å². The number of methoxy groups -OCH3 is 1. The summed E-state index contributed by atoms with van der Waals surface area (Å²) in [4.78, 5) is 23.2. The molecule has 24 heavy (non-hydrogen) atoms. The van der Waals surface area contributed by atoms with Gasteiger partial charge in [0.1, 0.15) is 16.2 Å². The Morgan fingerprint density at radius 2 is 1.92 bits per heavy atom. The summed E-state index contributed by atoms with van der Waals surface area (Å²) < 4.78 is 32.4. The Morgan fingerprint density at radius 1 is 1.29 bits per heavy atom. The molecule has 1 aliphatic carbocycles. The predicted molar refractivity (Wildman–Crippen MR) is 85.5 cm³/mol. The number of benzene rings is 1. The van der Waals surface area contributed by atoms with Crippen LogP contribution in [0.5, 0.6) is 5.75 Å². The minimum absolute atomic E-state index is 0.0290. The number of aliphatic carboxylic acids is 1. The lowest BCUT2D eigenvalue weighted by molar-refractivity contribution is -0.143. The Morgan fingerprint density at radius 3 is 2.42 bits per heavy atom. The van der Waals surface area contributed by atoms with Gasteiger partial charge in [-0.05, 0) is 44.9 Å². The van der Waals surface area contributed by atoms with E-state index in [0.717, 1.165) is 12.8 Å². The number of amides is 1. The molecule has 0 atom stereocenters. The average molecular weight is 356 g/mol. The van der Waals surface area contributed by atoms with Crippen LogP contribution in [0.25, 0.3) is 0 Å². The number of hydrogen-bond donors (Lipinski definition) is 3. The van der Waals surface area contributed by atoms with Crippen molar-refractivity contribution in [2.75, 3.05) is 7.11 Å². The molecule has 0 unspecified atom stereocenters. The number of carboxylic acid groups (broad SMARTS) is 1. The van der Waals surface area contributed by atoms with Gasteiger partial charge in [0.05, 0.1) is 7.11 Å². The molecular formula is C15H20N2O6S. The van der Waals surface area contributed by atoms with E-state index >= 15 is 0 Å². The zero-order valence-electron chi connectivity index (χ0n) is 13.6. The number of carboxylic acids is 1. The summed E-state index contributed by atoms with van der Waals surface area (Å²) in [5.41, 5.74) is -1.45. The van der Waals surface area contributed by atoms with Crippen molar-refractivity contribution in [2.45, 2.75) is 43.2 Å². The van der Waals surface area contributed by atoms with Crippen molar-refractivity contribution in [3.63, 3.8) is 0 Å². The topological polar surface area (TPSA) is 122 Å². The molecule has 0 heterocycles. The maximum absolute atomic E-state index is 12.4. The van der Waals surface area contributed by atoms with Crippen molar-refractivity contribution in [3.8, 4) is 5.75 Å². The number of hydrogen-bond acceptors (Lipinski definition) is 5. The van der Waals surface area contributed by atoms with Crippen molar-refractivity contribution >= 4 is 21.9 Å².